The van der Waals surface area contributed by atoms with Crippen LogP contribution in [0.4, 0.5) is 11.4 Å². The molecule has 1 aliphatic carbocycles. The van der Waals surface area contributed by atoms with Crippen LogP contribution in [-0.4, -0.2) is 11.0 Å². The Morgan fingerprint density at radius 1 is 1.08 bits per heavy atom. The molecular weight excluding hydrogens is 300 g/mol. The van der Waals surface area contributed by atoms with Gasteiger partial charge in [-0.15, -0.1) is 0 Å². The molecule has 0 saturated carbocycles. The van der Waals surface area contributed by atoms with Crippen LogP contribution in [0.3, 0.4) is 0 Å². The third-order valence-electron chi connectivity index (χ3n) is 4.59. The number of carbonyl (C=O) groups is 1. The van der Waals surface area contributed by atoms with Crippen molar-refractivity contribution in [1.82, 2.24) is 0 Å². The number of carbonyl (C=O) groups excluding carboxylic acids is 1. The SMILES string of the molecule is Nc1cccc(N2C(=O)c3ccccc3C2(O)C2=CCCC=C2)c1. The van der Waals surface area contributed by atoms with Gasteiger partial charge in [-0.2, -0.15) is 0 Å². The predicted molar refractivity (Wildman–Crippen MR) is 94.5 cm³/mol. The van der Waals surface area contributed by atoms with Gasteiger partial charge < -0.3 is 10.8 Å². The van der Waals surface area contributed by atoms with Crippen molar-refractivity contribution < 1.29 is 9.90 Å². The molecule has 24 heavy (non-hydrogen) atoms. The van der Waals surface area contributed by atoms with Crippen LogP contribution in [0.15, 0.2) is 72.3 Å². The van der Waals surface area contributed by atoms with Crippen LogP contribution in [0.25, 0.3) is 0 Å². The molecule has 1 aliphatic heterocycles. The molecule has 0 radical (unpaired) electrons. The van der Waals surface area contributed by atoms with E-state index >= 15 is 0 Å². The van der Waals surface area contributed by atoms with Crippen molar-refractivity contribution in [1.29, 1.82) is 0 Å². The minimum absolute atomic E-state index is 0.224. The van der Waals surface area contributed by atoms with Crippen molar-refractivity contribution in [3.8, 4) is 0 Å². The van der Waals surface area contributed by atoms with Crippen LogP contribution >= 0.6 is 0 Å². The summed E-state index contributed by atoms with van der Waals surface area (Å²) in [6, 6.07) is 14.3. The van der Waals surface area contributed by atoms with E-state index in [2.05, 4.69) is 0 Å². The lowest BCUT2D eigenvalue weighted by atomic mass is 9.90. The van der Waals surface area contributed by atoms with Gasteiger partial charge in [-0.1, -0.05) is 42.5 Å². The lowest BCUT2D eigenvalue weighted by Gasteiger charge is -2.36. The highest BCUT2D eigenvalue weighted by atomic mass is 16.3. The number of allylic oxidation sites excluding steroid dienone is 2. The molecule has 0 bridgehead atoms. The molecule has 4 nitrogen and oxygen atoms in total. The van der Waals surface area contributed by atoms with Crippen LogP contribution < -0.4 is 10.6 Å². The molecule has 0 spiro atoms. The average Bonchev–Trinajstić information content (AvgIpc) is 2.85. The number of nitrogen functional groups attached to an aromatic ring is 1. The van der Waals surface area contributed by atoms with E-state index < -0.39 is 5.72 Å². The summed E-state index contributed by atoms with van der Waals surface area (Å²) in [4.78, 5) is 14.5. The topological polar surface area (TPSA) is 66.6 Å². The van der Waals surface area contributed by atoms with Gasteiger partial charge in [0.1, 0.15) is 0 Å². The Morgan fingerprint density at radius 3 is 2.67 bits per heavy atom. The highest BCUT2D eigenvalue weighted by Gasteiger charge is 2.51. The smallest absolute Gasteiger partial charge is 0.261 e. The van der Waals surface area contributed by atoms with Crippen LogP contribution in [0.5, 0.6) is 0 Å². The summed E-state index contributed by atoms with van der Waals surface area (Å²) in [6.07, 6.45) is 7.70. The quantitative estimate of drug-likeness (QED) is 0.835. The summed E-state index contributed by atoms with van der Waals surface area (Å²) in [7, 11) is 0. The number of hydrogen-bond acceptors (Lipinski definition) is 3. The molecule has 2 aromatic carbocycles. The summed E-state index contributed by atoms with van der Waals surface area (Å²) in [5, 5.41) is 11.7. The molecule has 0 fully saturated rings. The van der Waals surface area contributed by atoms with E-state index in [-0.39, 0.29) is 5.91 Å². The maximum atomic E-state index is 13.0. The Labute approximate surface area is 140 Å². The Morgan fingerprint density at radius 2 is 1.92 bits per heavy atom. The van der Waals surface area contributed by atoms with Crippen molar-refractivity contribution in [3.63, 3.8) is 0 Å². The fourth-order valence-electron chi connectivity index (χ4n) is 3.49. The zero-order chi connectivity index (χ0) is 16.7. The second-order valence-electron chi connectivity index (χ2n) is 6.09. The molecule has 3 N–H and O–H groups in total. The van der Waals surface area contributed by atoms with Crippen molar-refractivity contribution in [2.24, 2.45) is 0 Å². The van der Waals surface area contributed by atoms with E-state index in [1.54, 1.807) is 30.3 Å². The van der Waals surface area contributed by atoms with Gasteiger partial charge in [0, 0.05) is 28.1 Å². The van der Waals surface area contributed by atoms with Gasteiger partial charge in [0.15, 0.2) is 5.72 Å². The van der Waals surface area contributed by atoms with Gasteiger partial charge >= 0.3 is 0 Å². The number of benzene rings is 2. The predicted octanol–water partition coefficient (Wildman–Crippen LogP) is 3.35. The molecule has 0 aromatic heterocycles. The fraction of sp³-hybridized carbons (Fsp3) is 0.150. The second-order valence-corrected chi connectivity index (χ2v) is 6.09. The summed E-state index contributed by atoms with van der Waals surface area (Å²) in [5.74, 6) is -0.224. The average molecular weight is 318 g/mol. The van der Waals surface area contributed by atoms with Gasteiger partial charge in [-0.25, -0.2) is 0 Å². The van der Waals surface area contributed by atoms with E-state index in [1.165, 1.54) is 4.90 Å². The molecule has 1 amide bonds. The molecule has 1 atom stereocenters. The van der Waals surface area contributed by atoms with Gasteiger partial charge in [0.25, 0.3) is 5.91 Å². The van der Waals surface area contributed by atoms with E-state index in [9.17, 15) is 9.90 Å². The first-order valence-corrected chi connectivity index (χ1v) is 8.01. The van der Waals surface area contributed by atoms with Crippen molar-refractivity contribution in [2.75, 3.05) is 10.6 Å². The highest BCUT2D eigenvalue weighted by Crippen LogP contribution is 2.46. The number of hydrogen-bond donors (Lipinski definition) is 2. The number of rotatable bonds is 2. The fourth-order valence-corrected chi connectivity index (χ4v) is 3.49. The first kappa shape index (κ1) is 14.7. The van der Waals surface area contributed by atoms with Gasteiger partial charge in [-0.3, -0.25) is 9.69 Å². The van der Waals surface area contributed by atoms with E-state index in [4.69, 9.17) is 5.73 Å². The largest absolute Gasteiger partial charge is 0.399 e. The highest BCUT2D eigenvalue weighted by molar-refractivity contribution is 6.12. The second kappa shape index (κ2) is 5.35. The van der Waals surface area contributed by atoms with Gasteiger partial charge in [-0.05, 0) is 37.1 Å². The zero-order valence-electron chi connectivity index (χ0n) is 13.1. The summed E-state index contributed by atoms with van der Waals surface area (Å²) < 4.78 is 0. The van der Waals surface area contributed by atoms with Crippen LogP contribution in [0.1, 0.15) is 28.8 Å². The van der Waals surface area contributed by atoms with E-state index in [1.807, 2.05) is 36.4 Å². The molecule has 4 rings (SSSR count). The molecule has 2 aromatic rings. The normalized spacial score (nSPS) is 22.5. The molecule has 0 saturated heterocycles. The monoisotopic (exact) mass is 318 g/mol. The minimum Gasteiger partial charge on any atom is -0.399 e. The molecular formula is C20H18N2O2. The third-order valence-corrected chi connectivity index (χ3v) is 4.59. The van der Waals surface area contributed by atoms with Crippen molar-refractivity contribution >= 4 is 17.3 Å². The maximum absolute atomic E-state index is 13.0. The van der Waals surface area contributed by atoms with Crippen molar-refractivity contribution in [2.45, 2.75) is 18.6 Å². The number of anilines is 2. The van der Waals surface area contributed by atoms with E-state index in [0.717, 1.165) is 18.4 Å². The van der Waals surface area contributed by atoms with Crippen LogP contribution in [-0.2, 0) is 5.72 Å². The Balaban J connectivity index is 1.96. The first-order valence-electron chi connectivity index (χ1n) is 8.01. The molecule has 1 heterocycles. The molecule has 4 heteroatoms. The zero-order valence-corrected chi connectivity index (χ0v) is 13.1. The molecule has 1 unspecified atom stereocenters. The number of fused-ring (bicyclic) bond motifs is 1. The lowest BCUT2D eigenvalue weighted by molar-refractivity contribution is 0.0696. The minimum atomic E-state index is -1.52. The Bertz CT molecular complexity index is 885. The van der Waals surface area contributed by atoms with Gasteiger partial charge in [0.2, 0.25) is 0 Å². The lowest BCUT2D eigenvalue weighted by Crippen LogP contribution is -2.45. The number of nitrogens with two attached hydrogens (primary N) is 1. The van der Waals surface area contributed by atoms with Gasteiger partial charge in [0.05, 0.1) is 0 Å². The molecule has 2 aliphatic rings. The first-order chi connectivity index (χ1) is 11.6. The number of nitrogens with zero attached hydrogens (tertiary/aromatic N) is 1. The maximum Gasteiger partial charge on any atom is 0.261 e. The van der Waals surface area contributed by atoms with Crippen LogP contribution in [0.2, 0.25) is 0 Å². The third kappa shape index (κ3) is 2.00. The number of aliphatic hydroxyl groups is 1. The van der Waals surface area contributed by atoms with E-state index in [0.29, 0.717) is 22.5 Å². The Kier molecular flexibility index (Phi) is 3.28. The molecule has 120 valence electrons. The number of amides is 1. The van der Waals surface area contributed by atoms with Crippen molar-refractivity contribution in [3.05, 3.63) is 83.5 Å². The summed E-state index contributed by atoms with van der Waals surface area (Å²) in [6.45, 7) is 0. The van der Waals surface area contributed by atoms with Crippen LogP contribution in [0, 0.1) is 0 Å². The summed E-state index contributed by atoms with van der Waals surface area (Å²) >= 11 is 0. The Hall–Kier alpha value is -2.85. The standard InChI is InChI=1S/C20H18N2O2/c21-15-9-6-10-16(13-15)22-19(23)17-11-4-5-12-18(17)20(22,24)14-7-2-1-3-8-14/h2,4-13,24H,1,3,21H2. The summed E-state index contributed by atoms with van der Waals surface area (Å²) in [5.41, 5.74) is 7.35.